The second-order valence-corrected chi connectivity index (χ2v) is 8.94. The average Bonchev–Trinajstić information content (AvgIpc) is 3.08. The molecule has 33 heavy (non-hydrogen) atoms. The van der Waals surface area contributed by atoms with Crippen molar-refractivity contribution in [1.82, 2.24) is 9.91 Å². The number of hydrazine groups is 1. The lowest BCUT2D eigenvalue weighted by molar-refractivity contribution is -0.124. The number of anilines is 1. The van der Waals surface area contributed by atoms with Gasteiger partial charge < -0.3 is 9.64 Å². The molecule has 1 aliphatic heterocycles. The second kappa shape index (κ2) is 9.77. The summed E-state index contributed by atoms with van der Waals surface area (Å²) in [7, 11) is 7.81. The number of carbonyl (C=O) groups excluding carboxylic acids is 1. The minimum absolute atomic E-state index is 0.103. The number of amides is 1. The van der Waals surface area contributed by atoms with Crippen molar-refractivity contribution in [3.8, 4) is 5.75 Å². The number of benzene rings is 3. The molecule has 0 N–H and O–H groups in total. The lowest BCUT2D eigenvalue weighted by Crippen LogP contribution is -2.48. The smallest absolute Gasteiger partial charge is 0.256 e. The maximum absolute atomic E-state index is 14.4. The quantitative estimate of drug-likeness (QED) is 0.480. The Bertz CT molecular complexity index is 1100. The van der Waals surface area contributed by atoms with Crippen LogP contribution < -0.4 is 9.75 Å². The van der Waals surface area contributed by atoms with E-state index in [0.717, 1.165) is 47.5 Å². The maximum Gasteiger partial charge on any atom is 0.256 e. The van der Waals surface area contributed by atoms with E-state index in [4.69, 9.17) is 4.74 Å². The zero-order chi connectivity index (χ0) is 23.4. The predicted molar refractivity (Wildman–Crippen MR) is 133 cm³/mol. The van der Waals surface area contributed by atoms with Crippen LogP contribution in [0.4, 0.5) is 5.69 Å². The number of hydrogen-bond acceptors (Lipinski definition) is 4. The molecule has 0 spiro atoms. The summed E-state index contributed by atoms with van der Waals surface area (Å²) in [4.78, 5) is 16.6. The van der Waals surface area contributed by atoms with Crippen molar-refractivity contribution in [2.24, 2.45) is 0 Å². The van der Waals surface area contributed by atoms with Gasteiger partial charge in [-0.3, -0.25) is 4.79 Å². The summed E-state index contributed by atoms with van der Waals surface area (Å²) in [6.45, 7) is 1.49. The van der Waals surface area contributed by atoms with E-state index < -0.39 is 5.41 Å². The second-order valence-electron chi connectivity index (χ2n) is 8.94. The Morgan fingerprint density at radius 1 is 0.879 bits per heavy atom. The Hall–Kier alpha value is -3.15. The van der Waals surface area contributed by atoms with Crippen LogP contribution in [-0.4, -0.2) is 50.6 Å². The Morgan fingerprint density at radius 2 is 1.55 bits per heavy atom. The van der Waals surface area contributed by atoms with Crippen molar-refractivity contribution in [1.29, 1.82) is 0 Å². The van der Waals surface area contributed by atoms with E-state index in [1.807, 2.05) is 71.7 Å². The molecule has 1 unspecified atom stereocenters. The molecule has 0 aromatic heterocycles. The van der Waals surface area contributed by atoms with Crippen molar-refractivity contribution >= 4 is 11.6 Å². The van der Waals surface area contributed by atoms with Gasteiger partial charge in [-0.05, 0) is 56.7 Å². The molecule has 0 fully saturated rings. The van der Waals surface area contributed by atoms with Crippen molar-refractivity contribution in [2.45, 2.75) is 24.8 Å². The SMILES string of the molecule is COc1ccccc1CN(C)N1C(=O)C(CCCN(C)C)(c2ccccc2)c2ccccc21. The number of rotatable bonds is 9. The normalized spacial score (nSPS) is 17.6. The topological polar surface area (TPSA) is 36.0 Å². The first kappa shape index (κ1) is 23.0. The van der Waals surface area contributed by atoms with Crippen LogP contribution in [-0.2, 0) is 16.8 Å². The van der Waals surface area contributed by atoms with Crippen LogP contribution in [0.15, 0.2) is 78.9 Å². The first-order valence-corrected chi connectivity index (χ1v) is 11.5. The van der Waals surface area contributed by atoms with Crippen LogP contribution in [0, 0.1) is 0 Å². The highest BCUT2D eigenvalue weighted by Crippen LogP contribution is 2.49. The van der Waals surface area contributed by atoms with E-state index in [-0.39, 0.29) is 5.91 Å². The van der Waals surface area contributed by atoms with Crippen molar-refractivity contribution < 1.29 is 9.53 Å². The molecule has 172 valence electrons. The zero-order valence-corrected chi connectivity index (χ0v) is 20.0. The third-order valence-corrected chi connectivity index (χ3v) is 6.51. The van der Waals surface area contributed by atoms with Crippen LogP contribution in [0.5, 0.6) is 5.75 Å². The number of carbonyl (C=O) groups is 1. The fourth-order valence-electron chi connectivity index (χ4n) is 4.96. The van der Waals surface area contributed by atoms with E-state index >= 15 is 0 Å². The largest absolute Gasteiger partial charge is 0.496 e. The van der Waals surface area contributed by atoms with E-state index in [2.05, 4.69) is 43.3 Å². The molecule has 0 saturated carbocycles. The van der Waals surface area contributed by atoms with Gasteiger partial charge >= 0.3 is 0 Å². The molecule has 4 rings (SSSR count). The van der Waals surface area contributed by atoms with Gasteiger partial charge in [-0.1, -0.05) is 66.7 Å². The number of methoxy groups -OCH3 is 1. The third kappa shape index (κ3) is 4.26. The number of hydrogen-bond donors (Lipinski definition) is 0. The van der Waals surface area contributed by atoms with E-state index in [1.165, 1.54) is 0 Å². The molecule has 0 bridgehead atoms. The first-order valence-electron chi connectivity index (χ1n) is 11.5. The Labute approximate surface area is 197 Å². The van der Waals surface area contributed by atoms with Crippen molar-refractivity contribution in [2.75, 3.05) is 39.8 Å². The summed E-state index contributed by atoms with van der Waals surface area (Å²) < 4.78 is 5.56. The van der Waals surface area contributed by atoms with Gasteiger partial charge in [0, 0.05) is 19.2 Å². The zero-order valence-electron chi connectivity index (χ0n) is 20.0. The lowest BCUT2D eigenvalue weighted by Gasteiger charge is -2.33. The number of fused-ring (bicyclic) bond motifs is 1. The van der Waals surface area contributed by atoms with Crippen LogP contribution in [0.1, 0.15) is 29.5 Å². The Morgan fingerprint density at radius 3 is 2.27 bits per heavy atom. The number of nitrogens with zero attached hydrogens (tertiary/aromatic N) is 3. The predicted octanol–water partition coefficient (Wildman–Crippen LogP) is 4.72. The summed E-state index contributed by atoms with van der Waals surface area (Å²) >= 11 is 0. The van der Waals surface area contributed by atoms with Crippen LogP contribution in [0.25, 0.3) is 0 Å². The molecule has 5 heteroatoms. The third-order valence-electron chi connectivity index (χ3n) is 6.51. The van der Waals surface area contributed by atoms with Crippen LogP contribution >= 0.6 is 0 Å². The maximum atomic E-state index is 14.4. The van der Waals surface area contributed by atoms with Gasteiger partial charge in [0.2, 0.25) is 0 Å². The fourth-order valence-corrected chi connectivity index (χ4v) is 4.96. The highest BCUT2D eigenvalue weighted by atomic mass is 16.5. The summed E-state index contributed by atoms with van der Waals surface area (Å²) in [5.41, 5.74) is 3.41. The van der Waals surface area contributed by atoms with E-state index in [0.29, 0.717) is 6.54 Å². The van der Waals surface area contributed by atoms with Gasteiger partial charge in [-0.15, -0.1) is 0 Å². The van der Waals surface area contributed by atoms with Crippen molar-refractivity contribution in [3.63, 3.8) is 0 Å². The average molecular weight is 444 g/mol. The van der Waals surface area contributed by atoms with Crippen molar-refractivity contribution in [3.05, 3.63) is 95.6 Å². The van der Waals surface area contributed by atoms with Gasteiger partial charge in [0.25, 0.3) is 5.91 Å². The first-order chi connectivity index (χ1) is 16.0. The molecule has 1 amide bonds. The monoisotopic (exact) mass is 443 g/mol. The number of para-hydroxylation sites is 2. The molecule has 3 aromatic rings. The molecule has 0 aliphatic carbocycles. The fraction of sp³-hybridized carbons (Fsp3) is 0.321. The summed E-state index contributed by atoms with van der Waals surface area (Å²) in [6, 6.07) is 26.4. The molecule has 3 aromatic carbocycles. The molecular weight excluding hydrogens is 410 g/mol. The van der Waals surface area contributed by atoms with Crippen LogP contribution in [0.2, 0.25) is 0 Å². The Balaban J connectivity index is 1.77. The lowest BCUT2D eigenvalue weighted by atomic mass is 9.72. The molecule has 0 radical (unpaired) electrons. The van der Waals surface area contributed by atoms with Gasteiger partial charge in [0.05, 0.1) is 12.8 Å². The molecule has 1 atom stereocenters. The summed E-state index contributed by atoms with van der Waals surface area (Å²) in [5.74, 6) is 0.927. The van der Waals surface area contributed by atoms with Gasteiger partial charge in [-0.25, -0.2) is 10.0 Å². The summed E-state index contributed by atoms with van der Waals surface area (Å²) in [6.07, 6.45) is 1.68. The van der Waals surface area contributed by atoms with E-state index in [9.17, 15) is 4.79 Å². The molecule has 5 nitrogen and oxygen atoms in total. The number of ether oxygens (including phenoxy) is 1. The van der Waals surface area contributed by atoms with E-state index in [1.54, 1.807) is 7.11 Å². The Kier molecular flexibility index (Phi) is 6.82. The minimum atomic E-state index is -0.705. The molecule has 1 heterocycles. The molecule has 1 aliphatic rings. The standard InChI is InChI=1S/C28H33N3O2/c1-29(2)20-12-19-28(23-14-6-5-7-15-23)24-16-9-10-17-25(24)31(27(28)32)30(3)21-22-13-8-11-18-26(22)33-4/h5-11,13-18H,12,19-21H2,1-4H3. The van der Waals surface area contributed by atoms with Gasteiger partial charge in [0.1, 0.15) is 11.2 Å². The van der Waals surface area contributed by atoms with Crippen LogP contribution in [0.3, 0.4) is 0 Å². The van der Waals surface area contributed by atoms with Gasteiger partial charge in [-0.2, -0.15) is 0 Å². The minimum Gasteiger partial charge on any atom is -0.496 e. The highest BCUT2D eigenvalue weighted by Gasteiger charge is 2.52. The molecular formula is C28H33N3O2. The van der Waals surface area contributed by atoms with Gasteiger partial charge in [0.15, 0.2) is 0 Å². The highest BCUT2D eigenvalue weighted by molar-refractivity contribution is 6.09. The summed E-state index contributed by atoms with van der Waals surface area (Å²) in [5, 5.41) is 3.88. The molecule has 0 saturated heterocycles.